The summed E-state index contributed by atoms with van der Waals surface area (Å²) in [4.78, 5) is 0. The summed E-state index contributed by atoms with van der Waals surface area (Å²) in [5.41, 5.74) is 5.75. The Morgan fingerprint density at radius 1 is 1.29 bits per heavy atom. The van der Waals surface area contributed by atoms with Crippen LogP contribution in [0.15, 0.2) is 12.1 Å². The van der Waals surface area contributed by atoms with Gasteiger partial charge in [0.2, 0.25) is 0 Å². The van der Waals surface area contributed by atoms with Gasteiger partial charge in [0.1, 0.15) is 0 Å². The van der Waals surface area contributed by atoms with Gasteiger partial charge in [0.05, 0.1) is 0 Å². The van der Waals surface area contributed by atoms with Crippen LogP contribution in [0, 0.1) is 12.3 Å². The molecule has 0 fully saturated rings. The first-order chi connectivity index (χ1) is 7.87. The third kappa shape index (κ3) is 2.74. The SMILES string of the molecule is Cc1cc(NC(C)C)cc2c1NCC(C)(C)C2. The van der Waals surface area contributed by atoms with Crippen molar-refractivity contribution in [2.75, 3.05) is 17.2 Å². The van der Waals surface area contributed by atoms with Gasteiger partial charge in [-0.25, -0.2) is 0 Å². The van der Waals surface area contributed by atoms with E-state index < -0.39 is 0 Å². The molecule has 0 amide bonds. The number of hydrogen-bond donors (Lipinski definition) is 2. The Morgan fingerprint density at radius 3 is 2.65 bits per heavy atom. The first-order valence-electron chi connectivity index (χ1n) is 6.51. The van der Waals surface area contributed by atoms with Crippen LogP contribution < -0.4 is 10.6 Å². The summed E-state index contributed by atoms with van der Waals surface area (Å²) in [5, 5.41) is 7.07. The summed E-state index contributed by atoms with van der Waals surface area (Å²) in [7, 11) is 0. The molecule has 0 unspecified atom stereocenters. The molecule has 0 atom stereocenters. The van der Waals surface area contributed by atoms with Crippen molar-refractivity contribution in [3.05, 3.63) is 23.3 Å². The molecule has 0 aromatic heterocycles. The zero-order chi connectivity index (χ0) is 12.6. The predicted octanol–water partition coefficient (Wildman–Crippen LogP) is 3.81. The summed E-state index contributed by atoms with van der Waals surface area (Å²) < 4.78 is 0. The molecule has 0 saturated heterocycles. The Labute approximate surface area is 105 Å². The van der Waals surface area contributed by atoms with Gasteiger partial charge in [-0.05, 0) is 55.9 Å². The summed E-state index contributed by atoms with van der Waals surface area (Å²) in [6.45, 7) is 12.3. The number of anilines is 2. The largest absolute Gasteiger partial charge is 0.384 e. The van der Waals surface area contributed by atoms with Gasteiger partial charge in [0.25, 0.3) is 0 Å². The first-order valence-corrected chi connectivity index (χ1v) is 6.51. The maximum atomic E-state index is 3.57. The molecule has 2 N–H and O–H groups in total. The summed E-state index contributed by atoms with van der Waals surface area (Å²) in [6, 6.07) is 5.03. The van der Waals surface area contributed by atoms with Gasteiger partial charge in [-0.1, -0.05) is 13.8 Å². The Kier molecular flexibility index (Phi) is 3.07. The topological polar surface area (TPSA) is 24.1 Å². The quantitative estimate of drug-likeness (QED) is 0.810. The fourth-order valence-electron chi connectivity index (χ4n) is 2.57. The van der Waals surface area contributed by atoms with Crippen LogP contribution in [0.1, 0.15) is 38.8 Å². The van der Waals surface area contributed by atoms with Crippen molar-refractivity contribution in [3.8, 4) is 0 Å². The van der Waals surface area contributed by atoms with E-state index in [0.717, 1.165) is 13.0 Å². The summed E-state index contributed by atoms with van der Waals surface area (Å²) in [6.07, 6.45) is 1.16. The van der Waals surface area contributed by atoms with Crippen molar-refractivity contribution in [1.29, 1.82) is 0 Å². The van der Waals surface area contributed by atoms with Crippen molar-refractivity contribution in [1.82, 2.24) is 0 Å². The van der Waals surface area contributed by atoms with Crippen molar-refractivity contribution < 1.29 is 0 Å². The van der Waals surface area contributed by atoms with Gasteiger partial charge in [-0.15, -0.1) is 0 Å². The van der Waals surface area contributed by atoms with E-state index in [4.69, 9.17) is 0 Å². The Balaban J connectivity index is 2.35. The Bertz CT molecular complexity index is 419. The lowest BCUT2D eigenvalue weighted by atomic mass is 9.81. The number of fused-ring (bicyclic) bond motifs is 1. The molecule has 17 heavy (non-hydrogen) atoms. The van der Waals surface area contributed by atoms with Gasteiger partial charge in [-0.3, -0.25) is 0 Å². The second kappa shape index (κ2) is 4.25. The summed E-state index contributed by atoms with van der Waals surface area (Å²) in [5.74, 6) is 0. The van der Waals surface area contributed by atoms with Crippen LogP contribution in [-0.4, -0.2) is 12.6 Å². The van der Waals surface area contributed by atoms with Crippen molar-refractivity contribution >= 4 is 11.4 Å². The minimum Gasteiger partial charge on any atom is -0.384 e. The third-order valence-corrected chi connectivity index (χ3v) is 3.29. The highest BCUT2D eigenvalue weighted by molar-refractivity contribution is 5.66. The molecular formula is C15H24N2. The molecule has 1 aromatic rings. The predicted molar refractivity (Wildman–Crippen MR) is 75.9 cm³/mol. The molecular weight excluding hydrogens is 208 g/mol. The number of benzene rings is 1. The van der Waals surface area contributed by atoms with E-state index in [2.05, 4.69) is 57.4 Å². The molecule has 0 bridgehead atoms. The molecule has 2 nitrogen and oxygen atoms in total. The highest BCUT2D eigenvalue weighted by atomic mass is 14.9. The van der Waals surface area contributed by atoms with E-state index in [9.17, 15) is 0 Å². The molecule has 2 rings (SSSR count). The molecule has 1 aromatic carbocycles. The number of rotatable bonds is 2. The number of aryl methyl sites for hydroxylation is 1. The minimum atomic E-state index is 0.357. The van der Waals surface area contributed by atoms with Crippen LogP contribution >= 0.6 is 0 Å². The van der Waals surface area contributed by atoms with Crippen LogP contribution in [0.2, 0.25) is 0 Å². The second-order valence-corrected chi connectivity index (χ2v) is 6.32. The number of hydrogen-bond acceptors (Lipinski definition) is 2. The van der Waals surface area contributed by atoms with Crippen LogP contribution in [-0.2, 0) is 6.42 Å². The zero-order valence-electron chi connectivity index (χ0n) is 11.6. The normalized spacial score (nSPS) is 17.5. The monoisotopic (exact) mass is 232 g/mol. The van der Waals surface area contributed by atoms with Crippen molar-refractivity contribution in [3.63, 3.8) is 0 Å². The third-order valence-electron chi connectivity index (χ3n) is 3.29. The van der Waals surface area contributed by atoms with Crippen molar-refractivity contribution in [2.45, 2.75) is 47.1 Å². The Morgan fingerprint density at radius 2 is 2.00 bits per heavy atom. The van der Waals surface area contributed by atoms with Crippen LogP contribution in [0.4, 0.5) is 11.4 Å². The molecule has 1 aliphatic heterocycles. The van der Waals surface area contributed by atoms with Crippen molar-refractivity contribution in [2.24, 2.45) is 5.41 Å². The highest BCUT2D eigenvalue weighted by Gasteiger charge is 2.26. The van der Waals surface area contributed by atoms with Crippen LogP contribution in [0.25, 0.3) is 0 Å². The average molecular weight is 232 g/mol. The molecule has 2 heteroatoms. The molecule has 1 aliphatic rings. The van der Waals surface area contributed by atoms with E-state index in [-0.39, 0.29) is 0 Å². The molecule has 0 spiro atoms. The number of nitrogens with one attached hydrogen (secondary N) is 2. The standard InChI is InChI=1S/C15H24N2/c1-10(2)17-13-6-11(3)14-12(7-13)8-15(4,5)9-16-14/h6-7,10,16-17H,8-9H2,1-5H3. The lowest BCUT2D eigenvalue weighted by Crippen LogP contribution is -2.31. The lowest BCUT2D eigenvalue weighted by molar-refractivity contribution is 0.379. The maximum Gasteiger partial charge on any atom is 0.0404 e. The summed E-state index contributed by atoms with van der Waals surface area (Å²) >= 11 is 0. The highest BCUT2D eigenvalue weighted by Crippen LogP contribution is 2.36. The molecule has 94 valence electrons. The van der Waals surface area contributed by atoms with Crippen LogP contribution in [0.3, 0.4) is 0 Å². The Hall–Kier alpha value is -1.18. The van der Waals surface area contributed by atoms with E-state index in [1.165, 1.54) is 22.5 Å². The van der Waals surface area contributed by atoms with E-state index in [1.54, 1.807) is 0 Å². The zero-order valence-corrected chi connectivity index (χ0v) is 11.6. The van der Waals surface area contributed by atoms with Gasteiger partial charge < -0.3 is 10.6 Å². The maximum absolute atomic E-state index is 3.57. The van der Waals surface area contributed by atoms with E-state index in [1.807, 2.05) is 0 Å². The fraction of sp³-hybridized carbons (Fsp3) is 0.600. The fourth-order valence-corrected chi connectivity index (χ4v) is 2.57. The van der Waals surface area contributed by atoms with Gasteiger partial charge >= 0.3 is 0 Å². The van der Waals surface area contributed by atoms with E-state index in [0.29, 0.717) is 11.5 Å². The molecule has 0 saturated carbocycles. The minimum absolute atomic E-state index is 0.357. The first kappa shape index (κ1) is 12.3. The lowest BCUT2D eigenvalue weighted by Gasteiger charge is -2.34. The van der Waals surface area contributed by atoms with Crippen LogP contribution in [0.5, 0.6) is 0 Å². The smallest absolute Gasteiger partial charge is 0.0404 e. The van der Waals surface area contributed by atoms with Gasteiger partial charge in [0.15, 0.2) is 0 Å². The molecule has 0 aliphatic carbocycles. The van der Waals surface area contributed by atoms with E-state index >= 15 is 0 Å². The molecule has 1 heterocycles. The average Bonchev–Trinajstić information content (AvgIpc) is 2.13. The van der Waals surface area contributed by atoms with Gasteiger partial charge in [0, 0.05) is 24.0 Å². The molecule has 0 radical (unpaired) electrons. The van der Waals surface area contributed by atoms with Gasteiger partial charge in [-0.2, -0.15) is 0 Å². The second-order valence-electron chi connectivity index (χ2n) is 6.32.